The molecule has 0 spiro atoms. The number of aliphatic hydroxyl groups is 3. The van der Waals surface area contributed by atoms with E-state index in [0.29, 0.717) is 0 Å². The Labute approximate surface area is 152 Å². The van der Waals surface area contributed by atoms with Crippen LogP contribution in [0.1, 0.15) is 12.5 Å². The summed E-state index contributed by atoms with van der Waals surface area (Å²) in [7, 11) is -3.02. The van der Waals surface area contributed by atoms with Gasteiger partial charge in [-0.3, -0.25) is 4.79 Å². The molecule has 26 heavy (non-hydrogen) atoms. The van der Waals surface area contributed by atoms with Gasteiger partial charge in [0.15, 0.2) is 6.29 Å². The molecule has 1 aromatic rings. The molecule has 1 amide bonds. The fourth-order valence-corrected chi connectivity index (χ4v) is 3.73. The van der Waals surface area contributed by atoms with Gasteiger partial charge in [-0.1, -0.05) is 30.3 Å². The van der Waals surface area contributed by atoms with Crippen molar-refractivity contribution in [3.05, 3.63) is 35.9 Å². The van der Waals surface area contributed by atoms with Crippen LogP contribution in [0.3, 0.4) is 0 Å². The molecule has 1 saturated heterocycles. The molecule has 2 rings (SSSR count). The molecule has 146 valence electrons. The quantitative estimate of drug-likeness (QED) is 0.510. The molecule has 1 aromatic carbocycles. The lowest BCUT2D eigenvalue weighted by molar-refractivity contribution is -0.277. The van der Waals surface area contributed by atoms with Crippen LogP contribution in [-0.2, 0) is 25.4 Å². The van der Waals surface area contributed by atoms with Crippen LogP contribution < -0.4 is 5.32 Å². The molecule has 0 aliphatic carbocycles. The van der Waals surface area contributed by atoms with Gasteiger partial charge in [-0.2, -0.15) is 0 Å². The molecule has 8 nitrogen and oxygen atoms in total. The zero-order valence-corrected chi connectivity index (χ0v) is 15.9. The third-order valence-electron chi connectivity index (χ3n) is 4.20. The van der Waals surface area contributed by atoms with Gasteiger partial charge >= 0.3 is 0 Å². The number of hydrogen-bond acceptors (Lipinski definition) is 7. The molecule has 0 aromatic heterocycles. The maximum Gasteiger partial charge on any atom is 0.217 e. The Kier molecular flexibility index (Phi) is 6.96. The first kappa shape index (κ1) is 21.0. The van der Waals surface area contributed by atoms with E-state index in [2.05, 4.69) is 5.32 Å². The number of carbonyl (C=O) groups is 1. The zero-order chi connectivity index (χ0) is 19.5. The largest absolute Gasteiger partial charge is 0.388 e. The van der Waals surface area contributed by atoms with Gasteiger partial charge in [0.1, 0.15) is 37.3 Å². The molecule has 1 aliphatic rings. The highest BCUT2D eigenvalue weighted by Gasteiger charge is 2.50. The lowest BCUT2D eigenvalue weighted by atomic mass is 9.96. The highest BCUT2D eigenvalue weighted by Crippen LogP contribution is 2.45. The summed E-state index contributed by atoms with van der Waals surface area (Å²) in [6.45, 7) is 4.11. The highest BCUT2D eigenvalue weighted by atomic mass is 31.2. The Hall–Kier alpha value is -1.28. The first-order valence-electron chi connectivity index (χ1n) is 8.28. The summed E-state index contributed by atoms with van der Waals surface area (Å²) in [6.07, 6.45) is -5.44. The molecule has 0 saturated carbocycles. The van der Waals surface area contributed by atoms with E-state index in [9.17, 15) is 24.7 Å². The first-order chi connectivity index (χ1) is 12.1. The predicted molar refractivity (Wildman–Crippen MR) is 95.0 cm³/mol. The summed E-state index contributed by atoms with van der Waals surface area (Å²) in [5.74, 6) is -1.91. The Morgan fingerprint density at radius 2 is 1.88 bits per heavy atom. The summed E-state index contributed by atoms with van der Waals surface area (Å²) in [5.41, 5.74) is 0.840. The van der Waals surface area contributed by atoms with E-state index >= 15 is 0 Å². The van der Waals surface area contributed by atoms with Crippen LogP contribution in [0.15, 0.2) is 30.3 Å². The van der Waals surface area contributed by atoms with E-state index in [1.807, 2.05) is 30.3 Å². The monoisotopic (exact) mass is 387 g/mol. The van der Waals surface area contributed by atoms with E-state index in [1.54, 1.807) is 0 Å². The maximum atomic E-state index is 12.2. The number of ether oxygens (including phenoxy) is 2. The summed E-state index contributed by atoms with van der Waals surface area (Å²) in [4.78, 5) is 11.4. The van der Waals surface area contributed by atoms with Gasteiger partial charge in [0.2, 0.25) is 5.91 Å². The molecule has 0 bridgehead atoms. The van der Waals surface area contributed by atoms with E-state index in [0.717, 1.165) is 5.56 Å². The second-order valence-electron chi connectivity index (χ2n) is 6.82. The second-order valence-corrected chi connectivity index (χ2v) is 10.2. The number of carbonyl (C=O) groups excluding carboxylic acids is 1. The van der Waals surface area contributed by atoms with Crippen molar-refractivity contribution in [1.29, 1.82) is 0 Å². The normalized spacial score (nSPS) is 30.6. The van der Waals surface area contributed by atoms with E-state index in [-0.39, 0.29) is 6.61 Å². The smallest absolute Gasteiger partial charge is 0.217 e. The molecule has 0 radical (unpaired) electrons. The van der Waals surface area contributed by atoms with Crippen LogP contribution in [-0.4, -0.2) is 71.0 Å². The fourth-order valence-electron chi connectivity index (χ4n) is 2.77. The van der Waals surface area contributed by atoms with Crippen molar-refractivity contribution in [2.45, 2.75) is 50.0 Å². The number of aliphatic hydroxyl groups excluding tert-OH is 3. The van der Waals surface area contributed by atoms with Crippen molar-refractivity contribution in [1.82, 2.24) is 5.32 Å². The Balaban J connectivity index is 2.20. The summed E-state index contributed by atoms with van der Waals surface area (Å²) in [5, 5.41) is 33.5. The second kappa shape index (κ2) is 8.61. The first-order valence-corrected chi connectivity index (χ1v) is 10.9. The number of hydrogen-bond donors (Lipinski definition) is 4. The van der Waals surface area contributed by atoms with Crippen LogP contribution in [0, 0.1) is 0 Å². The molecule has 1 aliphatic heterocycles. The third kappa shape index (κ3) is 5.13. The van der Waals surface area contributed by atoms with E-state index < -0.39 is 49.5 Å². The van der Waals surface area contributed by atoms with Gasteiger partial charge in [0.05, 0.1) is 6.61 Å². The van der Waals surface area contributed by atoms with Crippen molar-refractivity contribution in [2.24, 2.45) is 0 Å². The van der Waals surface area contributed by atoms with E-state index in [4.69, 9.17) is 9.47 Å². The topological polar surface area (TPSA) is 125 Å². The average Bonchev–Trinajstić information content (AvgIpc) is 2.57. The number of rotatable bonds is 6. The lowest BCUT2D eigenvalue weighted by Gasteiger charge is -2.44. The minimum Gasteiger partial charge on any atom is -0.388 e. The van der Waals surface area contributed by atoms with E-state index in [1.165, 1.54) is 20.3 Å². The summed E-state index contributed by atoms with van der Waals surface area (Å²) < 4.78 is 23.5. The number of amides is 1. The molecule has 4 N–H and O–H groups in total. The number of benzene rings is 1. The molecule has 9 heteroatoms. The minimum absolute atomic E-state index is 0.128. The fraction of sp³-hybridized carbons (Fsp3) is 0.588. The summed E-state index contributed by atoms with van der Waals surface area (Å²) >= 11 is 0. The van der Waals surface area contributed by atoms with Crippen molar-refractivity contribution in [2.75, 3.05) is 13.3 Å². The van der Waals surface area contributed by atoms with Crippen LogP contribution in [0.25, 0.3) is 0 Å². The Morgan fingerprint density at radius 1 is 1.27 bits per heavy atom. The van der Waals surface area contributed by atoms with Crippen molar-refractivity contribution >= 4 is 13.0 Å². The molecular formula is C17H26NO7P. The molecule has 1 unspecified atom stereocenters. The predicted octanol–water partition coefficient (Wildman–Crippen LogP) is 0.0957. The Bertz CT molecular complexity index is 650. The molecular weight excluding hydrogens is 361 g/mol. The van der Waals surface area contributed by atoms with Gasteiger partial charge in [-0.05, 0) is 18.9 Å². The van der Waals surface area contributed by atoms with Gasteiger partial charge in [-0.15, -0.1) is 0 Å². The molecule has 1 fully saturated rings. The van der Waals surface area contributed by atoms with Gasteiger partial charge < -0.3 is 34.7 Å². The summed E-state index contributed by atoms with van der Waals surface area (Å²) in [6, 6.07) is 8.15. The minimum atomic E-state index is -3.02. The van der Waals surface area contributed by atoms with Crippen LogP contribution >= 0.6 is 7.14 Å². The van der Waals surface area contributed by atoms with Crippen LogP contribution in [0.4, 0.5) is 0 Å². The SMILES string of the molecule is CC(=O)N[C@@H]1[C@@H](OCc2ccccc2)O[C@H](C(O)P(C)(C)=O)[C@@H](O)[C@@H]1O. The zero-order valence-electron chi connectivity index (χ0n) is 15.0. The van der Waals surface area contributed by atoms with Crippen LogP contribution in [0.5, 0.6) is 0 Å². The van der Waals surface area contributed by atoms with Gasteiger partial charge in [0, 0.05) is 6.92 Å². The van der Waals surface area contributed by atoms with Gasteiger partial charge in [-0.25, -0.2) is 0 Å². The third-order valence-corrected chi connectivity index (χ3v) is 5.76. The molecule has 6 atom stereocenters. The van der Waals surface area contributed by atoms with Crippen molar-refractivity contribution in [3.8, 4) is 0 Å². The number of nitrogens with one attached hydrogen (secondary N) is 1. The van der Waals surface area contributed by atoms with Gasteiger partial charge in [0.25, 0.3) is 0 Å². The average molecular weight is 387 g/mol. The lowest BCUT2D eigenvalue weighted by Crippen LogP contribution is -2.65. The standard InChI is InChI=1S/C17H26NO7P/c1-10(19)18-12-13(20)14(21)15(16(22)26(2,3)23)25-17(12)24-9-11-7-5-4-6-8-11/h4-8,12-17,20-22H,9H2,1-3H3,(H,18,19)/t12-,13+,14-,15-,16?,17-/m0/s1. The Morgan fingerprint density at radius 3 is 2.42 bits per heavy atom. The van der Waals surface area contributed by atoms with Crippen LogP contribution in [0.2, 0.25) is 0 Å². The van der Waals surface area contributed by atoms with Crippen molar-refractivity contribution in [3.63, 3.8) is 0 Å². The van der Waals surface area contributed by atoms with Crippen molar-refractivity contribution < 1.29 is 34.2 Å². The molecule has 1 heterocycles. The highest BCUT2D eigenvalue weighted by molar-refractivity contribution is 7.62. The maximum absolute atomic E-state index is 12.2.